The Morgan fingerprint density at radius 2 is 1.87 bits per heavy atom. The van der Waals surface area contributed by atoms with E-state index in [0.717, 1.165) is 3.57 Å². The Balaban J connectivity index is 1.74. The minimum atomic E-state index is -0.636. The molecule has 120 valence electrons. The predicted molar refractivity (Wildman–Crippen MR) is 95.7 cm³/mol. The molecule has 0 radical (unpaired) electrons. The minimum Gasteiger partial charge on any atom is -0.482 e. The molecule has 0 unspecified atom stereocenters. The van der Waals surface area contributed by atoms with Gasteiger partial charge in [0.15, 0.2) is 13.2 Å². The molecular formula is C16H13ClINO4. The van der Waals surface area contributed by atoms with Crippen LogP contribution in [-0.2, 0) is 14.3 Å². The lowest BCUT2D eigenvalue weighted by molar-refractivity contribution is -0.149. The third-order valence-corrected chi connectivity index (χ3v) is 3.84. The maximum Gasteiger partial charge on any atom is 0.344 e. The van der Waals surface area contributed by atoms with E-state index < -0.39 is 11.9 Å². The summed E-state index contributed by atoms with van der Waals surface area (Å²) in [6, 6.07) is 14.0. The van der Waals surface area contributed by atoms with Crippen LogP contribution in [0.5, 0.6) is 5.75 Å². The van der Waals surface area contributed by atoms with Crippen molar-refractivity contribution in [3.8, 4) is 5.75 Å². The van der Waals surface area contributed by atoms with Crippen LogP contribution >= 0.6 is 34.2 Å². The van der Waals surface area contributed by atoms with Gasteiger partial charge in [0.2, 0.25) is 0 Å². The number of carbonyl (C=O) groups is 2. The molecule has 23 heavy (non-hydrogen) atoms. The Morgan fingerprint density at radius 3 is 2.61 bits per heavy atom. The van der Waals surface area contributed by atoms with E-state index in [1.54, 1.807) is 30.3 Å². The van der Waals surface area contributed by atoms with Crippen molar-refractivity contribution in [3.63, 3.8) is 0 Å². The zero-order chi connectivity index (χ0) is 16.7. The van der Waals surface area contributed by atoms with E-state index in [2.05, 4.69) is 27.9 Å². The quantitative estimate of drug-likeness (QED) is 0.546. The molecule has 0 saturated heterocycles. The van der Waals surface area contributed by atoms with Crippen LogP contribution in [0.3, 0.4) is 0 Å². The third kappa shape index (κ3) is 6.07. The fourth-order valence-electron chi connectivity index (χ4n) is 1.64. The molecule has 0 bridgehead atoms. The Hall–Kier alpha value is -1.80. The Morgan fingerprint density at radius 1 is 1.09 bits per heavy atom. The number of amides is 1. The summed E-state index contributed by atoms with van der Waals surface area (Å²) >= 11 is 7.91. The van der Waals surface area contributed by atoms with Crippen molar-refractivity contribution in [2.24, 2.45) is 0 Å². The van der Waals surface area contributed by atoms with Crippen LogP contribution in [0.2, 0.25) is 5.02 Å². The number of esters is 1. The van der Waals surface area contributed by atoms with Crippen molar-refractivity contribution in [1.82, 2.24) is 0 Å². The minimum absolute atomic E-state index is 0.295. The molecule has 0 spiro atoms. The van der Waals surface area contributed by atoms with Crippen molar-refractivity contribution >= 4 is 51.8 Å². The molecule has 0 saturated carbocycles. The zero-order valence-electron chi connectivity index (χ0n) is 11.9. The van der Waals surface area contributed by atoms with Crippen molar-refractivity contribution in [1.29, 1.82) is 0 Å². The van der Waals surface area contributed by atoms with Crippen LogP contribution in [0, 0.1) is 3.57 Å². The first-order valence-electron chi connectivity index (χ1n) is 6.63. The van der Waals surface area contributed by atoms with Gasteiger partial charge in [0.1, 0.15) is 5.75 Å². The molecule has 0 fully saturated rings. The highest BCUT2D eigenvalue weighted by Crippen LogP contribution is 2.17. The molecule has 0 aliphatic rings. The lowest BCUT2D eigenvalue weighted by atomic mass is 10.3. The average molecular weight is 446 g/mol. The van der Waals surface area contributed by atoms with Gasteiger partial charge in [-0.1, -0.05) is 29.8 Å². The second kappa shape index (κ2) is 8.73. The third-order valence-electron chi connectivity index (χ3n) is 2.66. The molecule has 0 aliphatic heterocycles. The van der Waals surface area contributed by atoms with Gasteiger partial charge < -0.3 is 14.8 Å². The highest BCUT2D eigenvalue weighted by molar-refractivity contribution is 14.1. The Labute approximate surface area is 152 Å². The predicted octanol–water partition coefficient (Wildman–Crippen LogP) is 3.51. The van der Waals surface area contributed by atoms with Crippen LogP contribution in [0.4, 0.5) is 5.69 Å². The first-order valence-corrected chi connectivity index (χ1v) is 8.08. The summed E-state index contributed by atoms with van der Waals surface area (Å²) in [5, 5.41) is 3.17. The smallest absolute Gasteiger partial charge is 0.344 e. The molecule has 1 N–H and O–H groups in total. The van der Waals surface area contributed by atoms with E-state index >= 15 is 0 Å². The number of halogens is 2. The molecule has 0 atom stereocenters. The average Bonchev–Trinajstić information content (AvgIpc) is 2.53. The van der Waals surface area contributed by atoms with Gasteiger partial charge in [-0.25, -0.2) is 4.79 Å². The van der Waals surface area contributed by atoms with E-state index in [9.17, 15) is 9.59 Å². The molecule has 0 heterocycles. The van der Waals surface area contributed by atoms with Gasteiger partial charge in [-0.2, -0.15) is 0 Å². The van der Waals surface area contributed by atoms with Crippen molar-refractivity contribution in [2.45, 2.75) is 0 Å². The highest BCUT2D eigenvalue weighted by Gasteiger charge is 2.10. The molecule has 7 heteroatoms. The van der Waals surface area contributed by atoms with Crippen molar-refractivity contribution in [2.75, 3.05) is 18.5 Å². The normalized spacial score (nSPS) is 10.0. The fourth-order valence-corrected chi connectivity index (χ4v) is 2.34. The number of hydrogen-bond acceptors (Lipinski definition) is 4. The van der Waals surface area contributed by atoms with E-state index in [1.807, 2.05) is 18.2 Å². The number of anilines is 1. The second-order valence-electron chi connectivity index (χ2n) is 4.43. The molecule has 5 nitrogen and oxygen atoms in total. The molecule has 2 aromatic rings. The Bertz CT molecular complexity index is 708. The highest BCUT2D eigenvalue weighted by atomic mass is 127. The lowest BCUT2D eigenvalue weighted by Gasteiger charge is -2.09. The first-order chi connectivity index (χ1) is 11.0. The van der Waals surface area contributed by atoms with Gasteiger partial charge in [-0.05, 0) is 52.9 Å². The van der Waals surface area contributed by atoms with Gasteiger partial charge in [0.25, 0.3) is 5.91 Å². The van der Waals surface area contributed by atoms with E-state index in [4.69, 9.17) is 21.1 Å². The van der Waals surface area contributed by atoms with Crippen molar-refractivity contribution in [3.05, 3.63) is 57.1 Å². The number of hydrogen-bond donors (Lipinski definition) is 1. The first kappa shape index (κ1) is 17.6. The summed E-state index contributed by atoms with van der Waals surface area (Å²) < 4.78 is 11.0. The fraction of sp³-hybridized carbons (Fsp3) is 0.125. The number of rotatable bonds is 6. The molecule has 1 amide bonds. The van der Waals surface area contributed by atoms with Crippen LogP contribution in [0.25, 0.3) is 0 Å². The summed E-state index contributed by atoms with van der Waals surface area (Å²) in [5.41, 5.74) is 0.671. The summed E-state index contributed by atoms with van der Waals surface area (Å²) in [6.45, 7) is -0.667. The van der Waals surface area contributed by atoms with Gasteiger partial charge in [0, 0.05) is 8.59 Å². The zero-order valence-corrected chi connectivity index (χ0v) is 14.8. The molecule has 0 aliphatic carbocycles. The van der Waals surface area contributed by atoms with Crippen LogP contribution < -0.4 is 10.1 Å². The number of benzene rings is 2. The number of nitrogens with one attached hydrogen (secondary N) is 1. The number of ether oxygens (including phenoxy) is 2. The Kier molecular flexibility index (Phi) is 6.66. The summed E-state index contributed by atoms with van der Waals surface area (Å²) in [4.78, 5) is 23.3. The van der Waals surface area contributed by atoms with Crippen LogP contribution in [-0.4, -0.2) is 25.1 Å². The van der Waals surface area contributed by atoms with Gasteiger partial charge >= 0.3 is 5.97 Å². The molecular weight excluding hydrogens is 433 g/mol. The maximum atomic E-state index is 11.7. The molecule has 2 rings (SSSR count). The monoisotopic (exact) mass is 445 g/mol. The van der Waals surface area contributed by atoms with E-state index in [-0.39, 0.29) is 13.2 Å². The SMILES string of the molecule is O=C(COC(=O)COc1cccc(Cl)c1)Nc1ccccc1I. The van der Waals surface area contributed by atoms with E-state index in [0.29, 0.717) is 16.5 Å². The summed E-state index contributed by atoms with van der Waals surface area (Å²) in [7, 11) is 0. The van der Waals surface area contributed by atoms with E-state index in [1.165, 1.54) is 0 Å². The van der Waals surface area contributed by atoms with Crippen LogP contribution in [0.15, 0.2) is 48.5 Å². The second-order valence-corrected chi connectivity index (χ2v) is 6.03. The number of para-hydroxylation sites is 1. The van der Waals surface area contributed by atoms with Crippen molar-refractivity contribution < 1.29 is 19.1 Å². The summed E-state index contributed by atoms with van der Waals surface area (Å²) in [5.74, 6) is -0.592. The maximum absolute atomic E-state index is 11.7. The summed E-state index contributed by atoms with van der Waals surface area (Å²) in [6.07, 6.45) is 0. The van der Waals surface area contributed by atoms with Gasteiger partial charge in [-0.15, -0.1) is 0 Å². The molecule has 0 aromatic heterocycles. The largest absolute Gasteiger partial charge is 0.482 e. The lowest BCUT2D eigenvalue weighted by Crippen LogP contribution is -2.24. The topological polar surface area (TPSA) is 64.6 Å². The molecule has 2 aromatic carbocycles. The van der Waals surface area contributed by atoms with Crippen LogP contribution in [0.1, 0.15) is 0 Å². The standard InChI is InChI=1S/C16H13ClINO4/c17-11-4-3-5-12(8-11)22-10-16(21)23-9-15(20)19-14-7-2-1-6-13(14)18/h1-8H,9-10H2,(H,19,20). The number of carbonyl (C=O) groups excluding carboxylic acids is 2. The van der Waals surface area contributed by atoms with Gasteiger partial charge in [0.05, 0.1) is 5.69 Å². The van der Waals surface area contributed by atoms with Gasteiger partial charge in [-0.3, -0.25) is 4.79 Å².